The fourth-order valence-electron chi connectivity index (χ4n) is 1.90. The average molecular weight is 238 g/mol. The Morgan fingerprint density at radius 1 is 1.38 bits per heavy atom. The lowest BCUT2D eigenvalue weighted by atomic mass is 10.1. The molecule has 1 rings (SSSR count). The number of halogens is 3. The standard InChI is InChI=1S/C10H17F3N2O/c11-10(12,13)4-3-9(16)15-6-7-1-2-8(14)5-7/h7-8H,1-6,14H2,(H,15,16). The molecule has 1 amide bonds. The number of amides is 1. The first-order chi connectivity index (χ1) is 7.37. The van der Waals surface area contributed by atoms with Gasteiger partial charge < -0.3 is 11.1 Å². The quantitative estimate of drug-likeness (QED) is 0.781. The first-order valence-corrected chi connectivity index (χ1v) is 5.46. The minimum absolute atomic E-state index is 0.178. The molecule has 0 aromatic heterocycles. The molecule has 0 bridgehead atoms. The Kier molecular flexibility index (Phi) is 4.58. The van der Waals surface area contributed by atoms with Crippen LogP contribution in [0, 0.1) is 5.92 Å². The summed E-state index contributed by atoms with van der Waals surface area (Å²) < 4.78 is 35.4. The van der Waals surface area contributed by atoms with Crippen molar-refractivity contribution >= 4 is 5.91 Å². The Morgan fingerprint density at radius 3 is 2.56 bits per heavy atom. The Balaban J connectivity index is 2.11. The topological polar surface area (TPSA) is 55.1 Å². The highest BCUT2D eigenvalue weighted by Gasteiger charge is 2.28. The second kappa shape index (κ2) is 5.52. The SMILES string of the molecule is NC1CCC(CNC(=O)CCC(F)(F)F)C1. The zero-order chi connectivity index (χ0) is 12.2. The van der Waals surface area contributed by atoms with Gasteiger partial charge in [-0.15, -0.1) is 0 Å². The van der Waals surface area contributed by atoms with Crippen molar-refractivity contribution in [2.45, 2.75) is 44.3 Å². The van der Waals surface area contributed by atoms with Crippen molar-refractivity contribution in [3.63, 3.8) is 0 Å². The lowest BCUT2D eigenvalue weighted by Gasteiger charge is -2.11. The van der Waals surface area contributed by atoms with Crippen molar-refractivity contribution in [2.75, 3.05) is 6.54 Å². The van der Waals surface area contributed by atoms with E-state index in [1.54, 1.807) is 0 Å². The van der Waals surface area contributed by atoms with E-state index in [1.165, 1.54) is 0 Å². The zero-order valence-electron chi connectivity index (χ0n) is 9.02. The number of hydrogen-bond acceptors (Lipinski definition) is 2. The van der Waals surface area contributed by atoms with Crippen molar-refractivity contribution in [3.8, 4) is 0 Å². The predicted octanol–water partition coefficient (Wildman–Crippen LogP) is 1.57. The van der Waals surface area contributed by atoms with E-state index >= 15 is 0 Å². The van der Waals surface area contributed by atoms with Crippen molar-refractivity contribution in [3.05, 3.63) is 0 Å². The molecule has 1 saturated carbocycles. The average Bonchev–Trinajstić information content (AvgIpc) is 2.57. The summed E-state index contributed by atoms with van der Waals surface area (Å²) in [5, 5.41) is 2.52. The van der Waals surface area contributed by atoms with Crippen LogP contribution < -0.4 is 11.1 Å². The van der Waals surface area contributed by atoms with E-state index in [4.69, 9.17) is 5.73 Å². The van der Waals surface area contributed by atoms with Crippen LogP contribution in [-0.4, -0.2) is 24.7 Å². The van der Waals surface area contributed by atoms with E-state index in [0.29, 0.717) is 12.5 Å². The minimum atomic E-state index is -4.26. The zero-order valence-corrected chi connectivity index (χ0v) is 9.02. The van der Waals surface area contributed by atoms with Gasteiger partial charge in [0.2, 0.25) is 5.91 Å². The first kappa shape index (κ1) is 13.3. The molecule has 3 nitrogen and oxygen atoms in total. The monoisotopic (exact) mass is 238 g/mol. The van der Waals surface area contributed by atoms with Crippen LogP contribution in [0.5, 0.6) is 0 Å². The lowest BCUT2D eigenvalue weighted by Crippen LogP contribution is -2.30. The number of carbonyl (C=O) groups is 1. The maximum atomic E-state index is 11.8. The van der Waals surface area contributed by atoms with Gasteiger partial charge in [0.15, 0.2) is 0 Å². The van der Waals surface area contributed by atoms with Crippen LogP contribution in [0.15, 0.2) is 0 Å². The highest BCUT2D eigenvalue weighted by atomic mass is 19.4. The molecule has 3 N–H and O–H groups in total. The van der Waals surface area contributed by atoms with Gasteiger partial charge >= 0.3 is 6.18 Å². The first-order valence-electron chi connectivity index (χ1n) is 5.46. The van der Waals surface area contributed by atoms with E-state index in [1.807, 2.05) is 0 Å². The smallest absolute Gasteiger partial charge is 0.356 e. The third-order valence-electron chi connectivity index (χ3n) is 2.81. The number of alkyl halides is 3. The molecule has 1 aliphatic rings. The molecular weight excluding hydrogens is 221 g/mol. The van der Waals surface area contributed by atoms with E-state index < -0.39 is 24.9 Å². The second-order valence-electron chi connectivity index (χ2n) is 4.36. The van der Waals surface area contributed by atoms with Crippen LogP contribution in [0.25, 0.3) is 0 Å². The van der Waals surface area contributed by atoms with Crippen molar-refractivity contribution in [2.24, 2.45) is 11.7 Å². The molecule has 1 fully saturated rings. The summed E-state index contributed by atoms with van der Waals surface area (Å²) in [5.41, 5.74) is 5.69. The van der Waals surface area contributed by atoms with Crippen molar-refractivity contribution in [1.82, 2.24) is 5.32 Å². The van der Waals surface area contributed by atoms with Gasteiger partial charge in [-0.3, -0.25) is 4.79 Å². The van der Waals surface area contributed by atoms with Crippen molar-refractivity contribution in [1.29, 1.82) is 0 Å². The summed E-state index contributed by atoms with van der Waals surface area (Å²) in [6.07, 6.45) is -3.07. The van der Waals surface area contributed by atoms with E-state index in [2.05, 4.69) is 5.32 Å². The van der Waals surface area contributed by atoms with E-state index in [-0.39, 0.29) is 6.04 Å². The van der Waals surface area contributed by atoms with Crippen LogP contribution in [0.1, 0.15) is 32.1 Å². The van der Waals surface area contributed by atoms with Gasteiger partial charge in [0.1, 0.15) is 0 Å². The largest absolute Gasteiger partial charge is 0.389 e. The summed E-state index contributed by atoms with van der Waals surface area (Å²) in [4.78, 5) is 11.1. The Morgan fingerprint density at radius 2 is 2.06 bits per heavy atom. The molecule has 0 radical (unpaired) electrons. The Bertz CT molecular complexity index is 243. The van der Waals surface area contributed by atoms with Gasteiger partial charge in [0.25, 0.3) is 0 Å². The van der Waals surface area contributed by atoms with Crippen LogP contribution in [-0.2, 0) is 4.79 Å². The summed E-state index contributed by atoms with van der Waals surface area (Å²) in [6.45, 7) is 0.449. The van der Waals surface area contributed by atoms with Gasteiger partial charge in [-0.25, -0.2) is 0 Å². The third-order valence-corrected chi connectivity index (χ3v) is 2.81. The highest BCUT2D eigenvalue weighted by molar-refractivity contribution is 5.75. The summed E-state index contributed by atoms with van der Waals surface area (Å²) >= 11 is 0. The Hall–Kier alpha value is -0.780. The molecular formula is C10H17F3N2O. The maximum absolute atomic E-state index is 11.8. The van der Waals surface area contributed by atoms with E-state index in [9.17, 15) is 18.0 Å². The van der Waals surface area contributed by atoms with Gasteiger partial charge in [-0.1, -0.05) is 0 Å². The molecule has 16 heavy (non-hydrogen) atoms. The number of carbonyl (C=O) groups excluding carboxylic acids is 1. The molecule has 0 aromatic rings. The summed E-state index contributed by atoms with van der Waals surface area (Å²) in [7, 11) is 0. The summed E-state index contributed by atoms with van der Waals surface area (Å²) in [5.74, 6) is -0.206. The summed E-state index contributed by atoms with van der Waals surface area (Å²) in [6, 6.07) is 0.178. The number of rotatable bonds is 4. The molecule has 2 unspecified atom stereocenters. The number of nitrogens with one attached hydrogen (secondary N) is 1. The predicted molar refractivity (Wildman–Crippen MR) is 53.6 cm³/mol. The lowest BCUT2D eigenvalue weighted by molar-refractivity contribution is -0.144. The normalized spacial score (nSPS) is 25.8. The van der Waals surface area contributed by atoms with Crippen molar-refractivity contribution < 1.29 is 18.0 Å². The van der Waals surface area contributed by atoms with Gasteiger partial charge in [-0.2, -0.15) is 13.2 Å². The molecule has 94 valence electrons. The van der Waals surface area contributed by atoms with Gasteiger partial charge in [-0.05, 0) is 25.2 Å². The highest BCUT2D eigenvalue weighted by Crippen LogP contribution is 2.23. The maximum Gasteiger partial charge on any atom is 0.389 e. The van der Waals surface area contributed by atoms with E-state index in [0.717, 1.165) is 19.3 Å². The fraction of sp³-hybridized carbons (Fsp3) is 0.900. The van der Waals surface area contributed by atoms with Gasteiger partial charge in [0.05, 0.1) is 6.42 Å². The fourth-order valence-corrected chi connectivity index (χ4v) is 1.90. The molecule has 0 aliphatic heterocycles. The molecule has 0 aromatic carbocycles. The van der Waals surface area contributed by atoms with Crippen LogP contribution in [0.4, 0.5) is 13.2 Å². The molecule has 0 spiro atoms. The third kappa shape index (κ3) is 5.34. The Labute approximate surface area is 92.6 Å². The van der Waals surface area contributed by atoms with Crippen LogP contribution >= 0.6 is 0 Å². The van der Waals surface area contributed by atoms with Crippen LogP contribution in [0.3, 0.4) is 0 Å². The molecule has 0 saturated heterocycles. The molecule has 1 aliphatic carbocycles. The molecule has 0 heterocycles. The minimum Gasteiger partial charge on any atom is -0.356 e. The van der Waals surface area contributed by atoms with Crippen LogP contribution in [0.2, 0.25) is 0 Å². The molecule has 6 heteroatoms. The second-order valence-corrected chi connectivity index (χ2v) is 4.36. The van der Waals surface area contributed by atoms with Gasteiger partial charge in [0, 0.05) is 19.0 Å². The molecule has 2 atom stereocenters. The number of hydrogen-bond donors (Lipinski definition) is 2. The number of nitrogens with two attached hydrogens (primary N) is 1.